The lowest BCUT2D eigenvalue weighted by atomic mass is 9.92. The predicted octanol–water partition coefficient (Wildman–Crippen LogP) is 6.72. The van der Waals surface area contributed by atoms with E-state index in [0.717, 1.165) is 34.5 Å². The van der Waals surface area contributed by atoms with Crippen LogP contribution in [0.5, 0.6) is 0 Å². The molecular weight excluding hydrogens is 516 g/mol. The topological polar surface area (TPSA) is 76.6 Å². The summed E-state index contributed by atoms with van der Waals surface area (Å²) in [4.78, 5) is 21.7. The number of methoxy groups -OCH3 is 1. The second-order valence-electron chi connectivity index (χ2n) is 10.8. The molecule has 0 spiro atoms. The lowest BCUT2D eigenvalue weighted by Gasteiger charge is -2.40. The Morgan fingerprint density at radius 2 is 1.85 bits per heavy atom. The van der Waals surface area contributed by atoms with Crippen molar-refractivity contribution < 1.29 is 26.9 Å². The fraction of sp³-hybridized carbons (Fsp3) is 0.433. The maximum atomic E-state index is 14.4. The number of nitrogens with zero attached hydrogens (tertiary/aromatic N) is 5. The fourth-order valence-corrected chi connectivity index (χ4v) is 6.24. The van der Waals surface area contributed by atoms with Crippen molar-refractivity contribution in [1.29, 1.82) is 0 Å². The molecule has 6 rings (SSSR count). The number of halogens is 2. The number of urea groups is 1. The van der Waals surface area contributed by atoms with Crippen LogP contribution in [0.2, 0.25) is 0 Å². The summed E-state index contributed by atoms with van der Waals surface area (Å²) in [5.41, 5.74) is 4.36. The molecule has 2 aliphatic rings. The highest BCUT2D eigenvalue weighted by Crippen LogP contribution is 2.41. The highest BCUT2D eigenvalue weighted by Gasteiger charge is 2.38. The number of aryl methyl sites for hydroxylation is 2. The number of anilines is 1. The van der Waals surface area contributed by atoms with Crippen molar-refractivity contribution in [2.75, 3.05) is 25.5 Å². The van der Waals surface area contributed by atoms with Gasteiger partial charge in [-0.3, -0.25) is 4.90 Å². The number of carbonyl (C=O) groups is 1. The molecule has 0 radical (unpaired) electrons. The molecule has 1 aliphatic heterocycles. The minimum Gasteiger partial charge on any atom is -0.381 e. The molecule has 0 N–H and O–H groups in total. The monoisotopic (exact) mass is 552 g/mol. The number of imidazole rings is 1. The molecule has 2 aromatic carbocycles. The summed E-state index contributed by atoms with van der Waals surface area (Å²) >= 11 is 0. The SMILES string of the molecule is [2H]C([2H])([2H])OC1CCC(n2c(C3CCN(C)C(=O)N3c3ccc(F)c(F)c3)nc3cc(-c4c(C)noc4C)ccc32)CC1. The smallest absolute Gasteiger partial charge is 0.324 e. The average Bonchev–Trinajstić information content (AvgIpc) is 3.50. The first-order valence-corrected chi connectivity index (χ1v) is 13.5. The first-order chi connectivity index (χ1) is 20.4. The number of hydrogen-bond donors (Lipinski definition) is 0. The summed E-state index contributed by atoms with van der Waals surface area (Å²) in [6, 6.07) is 8.50. The van der Waals surface area contributed by atoms with Crippen molar-refractivity contribution in [3.8, 4) is 11.1 Å². The van der Waals surface area contributed by atoms with Gasteiger partial charge in [0.25, 0.3) is 0 Å². The maximum Gasteiger partial charge on any atom is 0.324 e. The van der Waals surface area contributed by atoms with Gasteiger partial charge in [-0.15, -0.1) is 0 Å². The van der Waals surface area contributed by atoms with Crippen LogP contribution in [-0.2, 0) is 4.74 Å². The lowest BCUT2D eigenvalue weighted by molar-refractivity contribution is 0.0583. The standard InChI is InChI=1S/C30H33F2N5O3/c1-17-28(18(2)40-34-17)19-5-12-26-25(15-19)33-29(36(26)20-6-9-22(39-4)10-7-20)27-13-14-35(3)30(38)37(27)21-8-11-23(31)24(32)16-21/h5,8,11-12,15-16,20,22,27H,6-7,9-10,13-14H2,1-4H3/i4D3. The molecule has 1 saturated carbocycles. The predicted molar refractivity (Wildman–Crippen MR) is 147 cm³/mol. The number of ether oxygens (including phenoxy) is 1. The molecule has 210 valence electrons. The van der Waals surface area contributed by atoms with E-state index < -0.39 is 24.7 Å². The van der Waals surface area contributed by atoms with Crippen LogP contribution in [0.1, 0.15) is 65.6 Å². The summed E-state index contributed by atoms with van der Waals surface area (Å²) in [6.45, 7) is 4.19. The third-order valence-corrected chi connectivity index (χ3v) is 8.28. The molecule has 4 aromatic rings. The van der Waals surface area contributed by atoms with Crippen molar-refractivity contribution in [3.63, 3.8) is 0 Å². The first kappa shape index (κ1) is 23.0. The molecule has 0 bridgehead atoms. The molecule has 2 aromatic heterocycles. The van der Waals surface area contributed by atoms with E-state index in [9.17, 15) is 13.6 Å². The van der Waals surface area contributed by atoms with E-state index in [1.807, 2.05) is 32.0 Å². The van der Waals surface area contributed by atoms with Crippen LogP contribution in [0.3, 0.4) is 0 Å². The zero-order valence-electron chi connectivity index (χ0n) is 25.7. The number of amides is 2. The average molecular weight is 553 g/mol. The fourth-order valence-electron chi connectivity index (χ4n) is 6.24. The van der Waals surface area contributed by atoms with Gasteiger partial charge in [0.05, 0.1) is 33.0 Å². The van der Waals surface area contributed by atoms with E-state index in [2.05, 4.69) is 9.72 Å². The number of carbonyl (C=O) groups excluding carboxylic acids is 1. The third-order valence-electron chi connectivity index (χ3n) is 8.28. The molecule has 1 saturated heterocycles. The molecule has 1 aliphatic carbocycles. The van der Waals surface area contributed by atoms with Crippen LogP contribution < -0.4 is 4.90 Å². The van der Waals surface area contributed by atoms with E-state index in [4.69, 9.17) is 18.4 Å². The lowest BCUT2D eigenvalue weighted by Crippen LogP contribution is -2.50. The van der Waals surface area contributed by atoms with Crippen molar-refractivity contribution in [3.05, 3.63) is 65.3 Å². The summed E-state index contributed by atoms with van der Waals surface area (Å²) in [7, 11) is -0.783. The number of benzene rings is 2. The number of hydrogen-bond acceptors (Lipinski definition) is 5. The van der Waals surface area contributed by atoms with Crippen LogP contribution in [0, 0.1) is 25.5 Å². The number of rotatable bonds is 5. The van der Waals surface area contributed by atoms with E-state index in [-0.39, 0.29) is 23.9 Å². The Bertz CT molecular complexity index is 1660. The molecule has 10 heteroatoms. The Balaban J connectivity index is 1.47. The van der Waals surface area contributed by atoms with E-state index in [0.29, 0.717) is 55.8 Å². The van der Waals surface area contributed by atoms with Gasteiger partial charge < -0.3 is 18.7 Å². The van der Waals surface area contributed by atoms with Gasteiger partial charge in [0.15, 0.2) is 11.6 Å². The minimum atomic E-state index is -2.46. The first-order valence-electron chi connectivity index (χ1n) is 15.0. The zero-order valence-corrected chi connectivity index (χ0v) is 22.7. The van der Waals surface area contributed by atoms with Gasteiger partial charge >= 0.3 is 6.03 Å². The Labute approximate surface area is 235 Å². The highest BCUT2D eigenvalue weighted by atomic mass is 19.2. The Morgan fingerprint density at radius 3 is 2.55 bits per heavy atom. The van der Waals surface area contributed by atoms with Gasteiger partial charge in [-0.05, 0) is 75.8 Å². The van der Waals surface area contributed by atoms with Crippen LogP contribution in [-0.4, -0.2) is 52.4 Å². The highest BCUT2D eigenvalue weighted by molar-refractivity contribution is 5.94. The third kappa shape index (κ3) is 4.44. The summed E-state index contributed by atoms with van der Waals surface area (Å²) in [6.07, 6.45) is 2.54. The minimum absolute atomic E-state index is 0.0390. The van der Waals surface area contributed by atoms with Crippen LogP contribution in [0.15, 0.2) is 40.9 Å². The molecule has 8 nitrogen and oxygen atoms in total. The van der Waals surface area contributed by atoms with Crippen molar-refractivity contribution in [2.24, 2.45) is 0 Å². The molecule has 2 fully saturated rings. The Kier molecular flexibility index (Phi) is 5.92. The molecule has 2 amide bonds. The van der Waals surface area contributed by atoms with E-state index in [1.54, 1.807) is 11.9 Å². The van der Waals surface area contributed by atoms with Gasteiger partial charge in [-0.25, -0.2) is 18.6 Å². The molecular formula is C30H33F2N5O3. The maximum absolute atomic E-state index is 14.4. The molecule has 40 heavy (non-hydrogen) atoms. The van der Waals surface area contributed by atoms with Gasteiger partial charge in [-0.2, -0.15) is 0 Å². The van der Waals surface area contributed by atoms with Crippen LogP contribution in [0.4, 0.5) is 19.3 Å². The van der Waals surface area contributed by atoms with Crippen molar-refractivity contribution >= 4 is 22.8 Å². The summed E-state index contributed by atoms with van der Waals surface area (Å²) < 4.78 is 63.7. The normalized spacial score (nSPS) is 23.4. The second-order valence-corrected chi connectivity index (χ2v) is 10.8. The second kappa shape index (κ2) is 10.3. The Morgan fingerprint density at radius 1 is 1.05 bits per heavy atom. The van der Waals surface area contributed by atoms with Crippen LogP contribution >= 0.6 is 0 Å². The van der Waals surface area contributed by atoms with Gasteiger partial charge in [0.2, 0.25) is 0 Å². The van der Waals surface area contributed by atoms with Gasteiger partial charge in [-0.1, -0.05) is 11.2 Å². The quantitative estimate of drug-likeness (QED) is 0.275. The van der Waals surface area contributed by atoms with Gasteiger partial charge in [0.1, 0.15) is 11.6 Å². The number of aromatic nitrogens is 3. The van der Waals surface area contributed by atoms with Crippen LogP contribution in [0.25, 0.3) is 22.2 Å². The number of fused-ring (bicyclic) bond motifs is 1. The summed E-state index contributed by atoms with van der Waals surface area (Å²) in [5, 5.41) is 4.09. The van der Waals surface area contributed by atoms with Gasteiger partial charge in [0, 0.05) is 44.0 Å². The zero-order chi connectivity index (χ0) is 30.6. The Hall–Kier alpha value is -3.79. The molecule has 1 atom stereocenters. The molecule has 3 heterocycles. The molecule has 1 unspecified atom stereocenters. The largest absolute Gasteiger partial charge is 0.381 e. The van der Waals surface area contributed by atoms with E-state index >= 15 is 0 Å². The van der Waals surface area contributed by atoms with E-state index in [1.165, 1.54) is 11.0 Å². The van der Waals surface area contributed by atoms with Crippen molar-refractivity contribution in [2.45, 2.75) is 64.1 Å². The summed E-state index contributed by atoms with van der Waals surface area (Å²) in [5.74, 6) is -0.706. The van der Waals surface area contributed by atoms with Crippen molar-refractivity contribution in [1.82, 2.24) is 19.6 Å².